The average molecular weight is 497 g/mol. The lowest BCUT2D eigenvalue weighted by Gasteiger charge is -2.09. The number of carbonyl (C=O) groups is 4. The molecule has 0 fully saturated rings. The maximum absolute atomic E-state index is 12.1. The summed E-state index contributed by atoms with van der Waals surface area (Å²) >= 11 is 2.86. The number of rotatable bonds is 14. The molecular weight excluding hydrogens is 468 g/mol. The fourth-order valence-electron chi connectivity index (χ4n) is 3.33. The van der Waals surface area contributed by atoms with Gasteiger partial charge in [-0.1, -0.05) is 48.6 Å². The maximum atomic E-state index is 12.1. The van der Waals surface area contributed by atoms with Gasteiger partial charge in [0.15, 0.2) is 0 Å². The second kappa shape index (κ2) is 13.8. The van der Waals surface area contributed by atoms with Gasteiger partial charge in [0.2, 0.25) is 11.8 Å². The van der Waals surface area contributed by atoms with Crippen LogP contribution in [0.25, 0.3) is 0 Å². The van der Waals surface area contributed by atoms with E-state index in [0.717, 1.165) is 0 Å². The number of nitrogens with one attached hydrogen (secondary N) is 2. The lowest BCUT2D eigenvalue weighted by Crippen LogP contribution is -2.16. The van der Waals surface area contributed by atoms with E-state index in [1.807, 2.05) is 48.6 Å². The highest BCUT2D eigenvalue weighted by Gasteiger charge is 2.15. The molecule has 3 rings (SSSR count). The van der Waals surface area contributed by atoms with Gasteiger partial charge in [0.05, 0.1) is 23.3 Å². The average Bonchev–Trinajstić information content (AvgIpc) is 3.55. The highest BCUT2D eigenvalue weighted by molar-refractivity contribution is 8.00. The first-order valence-electron chi connectivity index (χ1n) is 11.1. The Bertz CT molecular complexity index is 907. The number of hydrogen-bond acceptors (Lipinski definition) is 6. The summed E-state index contributed by atoms with van der Waals surface area (Å²) in [6.45, 7) is 0. The molecule has 34 heavy (non-hydrogen) atoms. The Balaban J connectivity index is 1.27. The SMILES string of the molecule is O=C(CSCCC(=O)C1C=CC=C1)Nc1ccc(NC(=O)CSCCC(=O)C2C=CC=C2)cc1. The normalized spacial score (nSPS) is 14.6. The van der Waals surface area contributed by atoms with E-state index in [1.54, 1.807) is 24.3 Å². The first kappa shape index (κ1) is 25.8. The number of amides is 2. The van der Waals surface area contributed by atoms with E-state index in [0.29, 0.717) is 35.7 Å². The smallest absolute Gasteiger partial charge is 0.234 e. The molecule has 0 aromatic heterocycles. The Morgan fingerprint density at radius 1 is 0.618 bits per heavy atom. The molecule has 0 saturated carbocycles. The molecule has 2 aliphatic carbocycles. The Hall–Kier alpha value is -2.84. The van der Waals surface area contributed by atoms with Crippen LogP contribution in [0.1, 0.15) is 12.8 Å². The predicted octanol–water partition coefficient (Wildman–Crippen LogP) is 4.43. The van der Waals surface area contributed by atoms with E-state index in [1.165, 1.54) is 23.5 Å². The number of allylic oxidation sites excluding steroid dienone is 8. The quantitative estimate of drug-likeness (QED) is 0.370. The van der Waals surface area contributed by atoms with Crippen molar-refractivity contribution in [3.8, 4) is 0 Å². The fraction of sp³-hybridized carbons (Fsp3) is 0.308. The van der Waals surface area contributed by atoms with Crippen molar-refractivity contribution in [2.24, 2.45) is 11.8 Å². The third-order valence-corrected chi connectivity index (χ3v) is 7.06. The van der Waals surface area contributed by atoms with Crippen LogP contribution in [-0.2, 0) is 19.2 Å². The number of Topliss-reactive ketones (excluding diaryl/α,β-unsaturated/α-hetero) is 2. The number of thioether (sulfide) groups is 2. The van der Waals surface area contributed by atoms with Crippen molar-refractivity contribution >= 4 is 58.3 Å². The third kappa shape index (κ3) is 8.83. The molecular formula is C26H28N2O4S2. The molecule has 6 nitrogen and oxygen atoms in total. The molecule has 0 spiro atoms. The molecule has 2 aliphatic rings. The van der Waals surface area contributed by atoms with Crippen LogP contribution >= 0.6 is 23.5 Å². The first-order chi connectivity index (χ1) is 16.5. The van der Waals surface area contributed by atoms with E-state index in [-0.39, 0.29) is 46.7 Å². The Morgan fingerprint density at radius 3 is 1.32 bits per heavy atom. The second-order valence-electron chi connectivity index (χ2n) is 7.80. The van der Waals surface area contributed by atoms with Crippen molar-refractivity contribution in [2.75, 3.05) is 33.6 Å². The van der Waals surface area contributed by atoms with Crippen LogP contribution in [0.4, 0.5) is 11.4 Å². The Kier molecular flexibility index (Phi) is 10.4. The van der Waals surface area contributed by atoms with Crippen LogP contribution in [0.3, 0.4) is 0 Å². The zero-order chi connectivity index (χ0) is 24.2. The molecule has 1 aromatic carbocycles. The van der Waals surface area contributed by atoms with Gasteiger partial charge in [0, 0.05) is 35.7 Å². The highest BCUT2D eigenvalue weighted by Crippen LogP contribution is 2.17. The van der Waals surface area contributed by atoms with Crippen LogP contribution in [0.15, 0.2) is 72.9 Å². The third-order valence-electron chi connectivity index (χ3n) is 5.14. The van der Waals surface area contributed by atoms with Gasteiger partial charge in [0.1, 0.15) is 11.6 Å². The van der Waals surface area contributed by atoms with Crippen LogP contribution in [0, 0.1) is 11.8 Å². The summed E-state index contributed by atoms with van der Waals surface area (Å²) in [6, 6.07) is 6.92. The Labute approximate surface area is 208 Å². The molecule has 0 saturated heterocycles. The monoisotopic (exact) mass is 496 g/mol. The minimum absolute atomic E-state index is 0.117. The lowest BCUT2D eigenvalue weighted by atomic mass is 10.1. The molecule has 178 valence electrons. The molecule has 2 amide bonds. The Morgan fingerprint density at radius 2 is 0.971 bits per heavy atom. The molecule has 0 unspecified atom stereocenters. The molecule has 0 bridgehead atoms. The van der Waals surface area contributed by atoms with Crippen LogP contribution in [0.5, 0.6) is 0 Å². The van der Waals surface area contributed by atoms with Gasteiger partial charge in [-0.2, -0.15) is 23.5 Å². The first-order valence-corrected chi connectivity index (χ1v) is 13.4. The molecule has 2 N–H and O–H groups in total. The summed E-state index contributed by atoms with van der Waals surface area (Å²) in [7, 11) is 0. The summed E-state index contributed by atoms with van der Waals surface area (Å²) in [4.78, 5) is 48.2. The summed E-state index contributed by atoms with van der Waals surface area (Å²) in [6.07, 6.45) is 15.9. The summed E-state index contributed by atoms with van der Waals surface area (Å²) in [5.41, 5.74) is 1.28. The number of benzene rings is 1. The minimum Gasteiger partial charge on any atom is -0.325 e. The summed E-state index contributed by atoms with van der Waals surface area (Å²) < 4.78 is 0. The van der Waals surface area contributed by atoms with E-state index in [4.69, 9.17) is 0 Å². The molecule has 0 atom stereocenters. The molecule has 0 radical (unpaired) electrons. The number of ketones is 2. The lowest BCUT2D eigenvalue weighted by molar-refractivity contribution is -0.120. The van der Waals surface area contributed by atoms with Crippen LogP contribution in [0.2, 0.25) is 0 Å². The van der Waals surface area contributed by atoms with Gasteiger partial charge >= 0.3 is 0 Å². The van der Waals surface area contributed by atoms with E-state index in [2.05, 4.69) is 10.6 Å². The van der Waals surface area contributed by atoms with Crippen LogP contribution in [-0.4, -0.2) is 46.4 Å². The van der Waals surface area contributed by atoms with Crippen molar-refractivity contribution in [3.63, 3.8) is 0 Å². The van der Waals surface area contributed by atoms with Crippen LogP contribution < -0.4 is 10.6 Å². The van der Waals surface area contributed by atoms with Gasteiger partial charge < -0.3 is 10.6 Å². The van der Waals surface area contributed by atoms with Gasteiger partial charge in [-0.25, -0.2) is 0 Å². The van der Waals surface area contributed by atoms with Gasteiger partial charge in [0.25, 0.3) is 0 Å². The maximum Gasteiger partial charge on any atom is 0.234 e. The number of anilines is 2. The van der Waals surface area contributed by atoms with E-state index < -0.39 is 0 Å². The van der Waals surface area contributed by atoms with Gasteiger partial charge in [-0.15, -0.1) is 0 Å². The zero-order valence-corrected chi connectivity index (χ0v) is 20.4. The van der Waals surface area contributed by atoms with Crippen molar-refractivity contribution in [1.82, 2.24) is 0 Å². The molecule has 8 heteroatoms. The molecule has 0 aliphatic heterocycles. The van der Waals surface area contributed by atoms with Crippen molar-refractivity contribution in [2.45, 2.75) is 12.8 Å². The summed E-state index contributed by atoms with van der Waals surface area (Å²) in [5.74, 6) is 1.59. The number of carbonyl (C=O) groups excluding carboxylic acids is 4. The highest BCUT2D eigenvalue weighted by atomic mass is 32.2. The minimum atomic E-state index is -0.135. The largest absolute Gasteiger partial charge is 0.325 e. The number of hydrogen-bond donors (Lipinski definition) is 2. The fourth-order valence-corrected chi connectivity index (χ4v) is 4.83. The predicted molar refractivity (Wildman–Crippen MR) is 141 cm³/mol. The standard InChI is InChI=1S/C26H28N2O4S2/c29-23(19-5-1-2-6-19)13-15-33-17-25(31)27-21-9-11-22(12-10-21)28-26(32)18-34-16-14-24(30)20-7-3-4-8-20/h1-12,19-20H,13-18H2,(H,27,31)(H,28,32). The van der Waals surface area contributed by atoms with E-state index in [9.17, 15) is 19.2 Å². The van der Waals surface area contributed by atoms with E-state index >= 15 is 0 Å². The summed E-state index contributed by atoms with van der Waals surface area (Å²) in [5, 5.41) is 5.63. The zero-order valence-electron chi connectivity index (χ0n) is 18.8. The van der Waals surface area contributed by atoms with Gasteiger partial charge in [-0.3, -0.25) is 19.2 Å². The second-order valence-corrected chi connectivity index (χ2v) is 10.0. The molecule has 0 heterocycles. The van der Waals surface area contributed by atoms with Crippen molar-refractivity contribution < 1.29 is 19.2 Å². The van der Waals surface area contributed by atoms with Gasteiger partial charge in [-0.05, 0) is 24.3 Å². The molecule has 1 aromatic rings. The van der Waals surface area contributed by atoms with Crippen molar-refractivity contribution in [3.05, 3.63) is 72.9 Å². The topological polar surface area (TPSA) is 92.3 Å². The van der Waals surface area contributed by atoms with Crippen molar-refractivity contribution in [1.29, 1.82) is 0 Å².